The fourth-order valence-electron chi connectivity index (χ4n) is 2.16. The average molecular weight is 275 g/mol. The zero-order valence-corrected chi connectivity index (χ0v) is 12.7. The first-order valence-corrected chi connectivity index (χ1v) is 7.06. The standard InChI is InChI=1S/C20H21N/c1-5-7-19-14-18(11-10-17(19)6-2)16(4)21-20-12-8-15(3)9-13-20/h5-14,21H,2,4H2,1,3H3/b7-5-. The van der Waals surface area contributed by atoms with Gasteiger partial charge >= 0.3 is 0 Å². The number of aryl methyl sites for hydroxylation is 1. The van der Waals surface area contributed by atoms with E-state index in [1.165, 1.54) is 5.56 Å². The highest BCUT2D eigenvalue weighted by molar-refractivity contribution is 5.78. The molecule has 0 bridgehead atoms. The molecule has 2 aromatic carbocycles. The van der Waals surface area contributed by atoms with E-state index in [0.717, 1.165) is 28.1 Å². The second-order valence-corrected chi connectivity index (χ2v) is 5.02. The van der Waals surface area contributed by atoms with Crippen molar-refractivity contribution in [3.63, 3.8) is 0 Å². The lowest BCUT2D eigenvalue weighted by Gasteiger charge is -2.12. The van der Waals surface area contributed by atoms with Gasteiger partial charge in [0.05, 0.1) is 0 Å². The van der Waals surface area contributed by atoms with Gasteiger partial charge in [-0.2, -0.15) is 0 Å². The Morgan fingerprint density at radius 1 is 1.05 bits per heavy atom. The minimum Gasteiger partial charge on any atom is -0.356 e. The van der Waals surface area contributed by atoms with E-state index in [2.05, 4.69) is 73.9 Å². The zero-order chi connectivity index (χ0) is 15.2. The van der Waals surface area contributed by atoms with Crippen LogP contribution in [-0.2, 0) is 0 Å². The van der Waals surface area contributed by atoms with E-state index in [4.69, 9.17) is 0 Å². The molecule has 0 amide bonds. The van der Waals surface area contributed by atoms with Crippen molar-refractivity contribution in [1.82, 2.24) is 0 Å². The molecule has 0 aromatic heterocycles. The van der Waals surface area contributed by atoms with Crippen LogP contribution in [0.5, 0.6) is 0 Å². The molecule has 21 heavy (non-hydrogen) atoms. The minimum absolute atomic E-state index is 0.889. The Balaban J connectivity index is 2.24. The lowest BCUT2D eigenvalue weighted by Crippen LogP contribution is -1.98. The summed E-state index contributed by atoms with van der Waals surface area (Å²) in [5, 5.41) is 3.35. The molecule has 0 aliphatic rings. The van der Waals surface area contributed by atoms with Gasteiger partial charge in [0, 0.05) is 11.4 Å². The molecule has 0 aliphatic carbocycles. The highest BCUT2D eigenvalue weighted by atomic mass is 14.9. The molecular formula is C20H21N. The van der Waals surface area contributed by atoms with Crippen LogP contribution in [0.4, 0.5) is 5.69 Å². The first kappa shape index (κ1) is 14.9. The Kier molecular flexibility index (Phi) is 4.78. The smallest absolute Gasteiger partial charge is 0.0385 e. The van der Waals surface area contributed by atoms with Crippen LogP contribution < -0.4 is 5.32 Å². The number of hydrogen-bond donors (Lipinski definition) is 1. The number of anilines is 1. The maximum Gasteiger partial charge on any atom is 0.0385 e. The van der Waals surface area contributed by atoms with Crippen molar-refractivity contribution < 1.29 is 0 Å². The lowest BCUT2D eigenvalue weighted by atomic mass is 10.0. The molecule has 2 rings (SSSR count). The molecule has 0 radical (unpaired) electrons. The Morgan fingerprint density at radius 2 is 1.76 bits per heavy atom. The van der Waals surface area contributed by atoms with Gasteiger partial charge in [-0.15, -0.1) is 0 Å². The summed E-state index contributed by atoms with van der Waals surface area (Å²) < 4.78 is 0. The fraction of sp³-hybridized carbons (Fsp3) is 0.100. The molecule has 0 spiro atoms. The van der Waals surface area contributed by atoms with E-state index >= 15 is 0 Å². The Hall–Kier alpha value is -2.54. The summed E-state index contributed by atoms with van der Waals surface area (Å²) in [5.74, 6) is 0. The number of hydrogen-bond acceptors (Lipinski definition) is 1. The molecule has 0 fully saturated rings. The van der Waals surface area contributed by atoms with Crippen LogP contribution in [0.15, 0.2) is 61.7 Å². The SMILES string of the molecule is C=Cc1ccc(C(=C)Nc2ccc(C)cc2)cc1/C=C\C. The van der Waals surface area contributed by atoms with E-state index in [1.807, 2.05) is 19.1 Å². The van der Waals surface area contributed by atoms with Crippen LogP contribution in [0, 0.1) is 6.92 Å². The van der Waals surface area contributed by atoms with Crippen molar-refractivity contribution in [3.8, 4) is 0 Å². The van der Waals surface area contributed by atoms with Crippen molar-refractivity contribution in [2.45, 2.75) is 13.8 Å². The van der Waals surface area contributed by atoms with Gasteiger partial charge in [0.1, 0.15) is 0 Å². The molecule has 1 heteroatoms. The summed E-state index contributed by atoms with van der Waals surface area (Å²) in [6.07, 6.45) is 5.98. The molecule has 0 heterocycles. The number of allylic oxidation sites excluding steroid dienone is 1. The monoisotopic (exact) mass is 275 g/mol. The average Bonchev–Trinajstić information content (AvgIpc) is 2.50. The van der Waals surface area contributed by atoms with Crippen molar-refractivity contribution in [2.24, 2.45) is 0 Å². The minimum atomic E-state index is 0.889. The topological polar surface area (TPSA) is 12.0 Å². The van der Waals surface area contributed by atoms with E-state index < -0.39 is 0 Å². The van der Waals surface area contributed by atoms with Gasteiger partial charge < -0.3 is 5.32 Å². The van der Waals surface area contributed by atoms with E-state index in [0.29, 0.717) is 0 Å². The second-order valence-electron chi connectivity index (χ2n) is 5.02. The maximum atomic E-state index is 4.14. The highest BCUT2D eigenvalue weighted by Gasteiger charge is 2.03. The van der Waals surface area contributed by atoms with Gasteiger partial charge in [-0.25, -0.2) is 0 Å². The van der Waals surface area contributed by atoms with Gasteiger partial charge in [0.2, 0.25) is 0 Å². The lowest BCUT2D eigenvalue weighted by molar-refractivity contribution is 1.45. The first-order valence-electron chi connectivity index (χ1n) is 7.06. The van der Waals surface area contributed by atoms with Crippen molar-refractivity contribution in [3.05, 3.63) is 84.0 Å². The van der Waals surface area contributed by atoms with Gasteiger partial charge in [0.15, 0.2) is 0 Å². The third-order valence-electron chi connectivity index (χ3n) is 3.35. The Bertz CT molecular complexity index is 675. The van der Waals surface area contributed by atoms with Crippen LogP contribution in [0.3, 0.4) is 0 Å². The molecule has 106 valence electrons. The molecule has 0 atom stereocenters. The maximum absolute atomic E-state index is 4.14. The van der Waals surface area contributed by atoms with Crippen LogP contribution in [0.2, 0.25) is 0 Å². The largest absolute Gasteiger partial charge is 0.356 e. The Morgan fingerprint density at radius 3 is 2.38 bits per heavy atom. The van der Waals surface area contributed by atoms with Crippen molar-refractivity contribution in [2.75, 3.05) is 5.32 Å². The van der Waals surface area contributed by atoms with Crippen molar-refractivity contribution in [1.29, 1.82) is 0 Å². The third-order valence-corrected chi connectivity index (χ3v) is 3.35. The molecule has 0 unspecified atom stereocenters. The van der Waals surface area contributed by atoms with Crippen LogP contribution in [0.1, 0.15) is 29.2 Å². The van der Waals surface area contributed by atoms with Crippen molar-refractivity contribution >= 4 is 23.5 Å². The van der Waals surface area contributed by atoms with Gasteiger partial charge in [0.25, 0.3) is 0 Å². The van der Waals surface area contributed by atoms with Gasteiger partial charge in [-0.3, -0.25) is 0 Å². The summed E-state index contributed by atoms with van der Waals surface area (Å²) in [6.45, 7) is 12.1. The predicted octanol–water partition coefficient (Wildman–Crippen LogP) is 5.75. The predicted molar refractivity (Wildman–Crippen MR) is 95.1 cm³/mol. The van der Waals surface area contributed by atoms with Crippen LogP contribution in [0.25, 0.3) is 17.8 Å². The summed E-state index contributed by atoms with van der Waals surface area (Å²) >= 11 is 0. The molecule has 1 N–H and O–H groups in total. The number of benzene rings is 2. The molecule has 2 aromatic rings. The summed E-state index contributed by atoms with van der Waals surface area (Å²) in [5.41, 5.74) is 6.54. The summed E-state index contributed by atoms with van der Waals surface area (Å²) in [4.78, 5) is 0. The number of nitrogens with one attached hydrogen (secondary N) is 1. The molecular weight excluding hydrogens is 254 g/mol. The van der Waals surface area contributed by atoms with Gasteiger partial charge in [-0.1, -0.05) is 61.2 Å². The zero-order valence-electron chi connectivity index (χ0n) is 12.7. The van der Waals surface area contributed by atoms with E-state index in [-0.39, 0.29) is 0 Å². The summed E-state index contributed by atoms with van der Waals surface area (Å²) in [7, 11) is 0. The van der Waals surface area contributed by atoms with E-state index in [9.17, 15) is 0 Å². The van der Waals surface area contributed by atoms with E-state index in [1.54, 1.807) is 0 Å². The first-order chi connectivity index (χ1) is 10.1. The quantitative estimate of drug-likeness (QED) is 0.732. The highest BCUT2D eigenvalue weighted by Crippen LogP contribution is 2.22. The fourth-order valence-corrected chi connectivity index (χ4v) is 2.16. The van der Waals surface area contributed by atoms with Gasteiger partial charge in [-0.05, 0) is 48.7 Å². The second kappa shape index (κ2) is 6.76. The third kappa shape index (κ3) is 3.73. The molecule has 0 aliphatic heterocycles. The van der Waals surface area contributed by atoms with Crippen LogP contribution in [-0.4, -0.2) is 0 Å². The van der Waals surface area contributed by atoms with Crippen LogP contribution >= 0.6 is 0 Å². The summed E-state index contributed by atoms with van der Waals surface area (Å²) in [6, 6.07) is 14.5. The molecule has 1 nitrogen and oxygen atoms in total. The molecule has 0 saturated heterocycles. The molecule has 0 saturated carbocycles. The normalized spacial score (nSPS) is 10.6. The Labute approximate surface area is 127 Å². The number of rotatable bonds is 5.